The summed E-state index contributed by atoms with van der Waals surface area (Å²) < 4.78 is 27.4. The van der Waals surface area contributed by atoms with Crippen LogP contribution in [0.3, 0.4) is 0 Å². The molecular formula is C37H50N6O3S. The van der Waals surface area contributed by atoms with Crippen LogP contribution in [0.4, 0.5) is 5.69 Å². The molecular weight excluding hydrogens is 609 g/mol. The van der Waals surface area contributed by atoms with Gasteiger partial charge in [-0.15, -0.1) is 0 Å². The fourth-order valence-corrected chi connectivity index (χ4v) is 10.7. The van der Waals surface area contributed by atoms with Crippen LogP contribution >= 0.6 is 0 Å². The van der Waals surface area contributed by atoms with Gasteiger partial charge in [-0.05, 0) is 92.5 Å². The number of hydrogen-bond donors (Lipinski definition) is 1. The second kappa shape index (κ2) is 13.0. The van der Waals surface area contributed by atoms with Crippen LogP contribution in [0.25, 0.3) is 0 Å². The molecule has 0 bridgehead atoms. The van der Waals surface area contributed by atoms with Crippen LogP contribution in [0, 0.1) is 17.8 Å². The lowest BCUT2D eigenvalue weighted by Gasteiger charge is -2.55. The minimum absolute atomic E-state index is 0.0600. The Morgan fingerprint density at radius 2 is 1.72 bits per heavy atom. The van der Waals surface area contributed by atoms with Gasteiger partial charge in [-0.2, -0.15) is 5.10 Å². The number of carbonyl (C=O) groups excluding carboxylic acids is 1. The second-order valence-electron chi connectivity index (χ2n) is 14.5. The minimum atomic E-state index is -3.56. The molecule has 3 atom stereocenters. The summed E-state index contributed by atoms with van der Waals surface area (Å²) in [4.78, 5) is 20.5. The van der Waals surface area contributed by atoms with Gasteiger partial charge in [0.1, 0.15) is 4.90 Å². The van der Waals surface area contributed by atoms with Gasteiger partial charge in [-0.25, -0.2) is 8.42 Å². The first kappa shape index (κ1) is 32.3. The summed E-state index contributed by atoms with van der Waals surface area (Å²) in [6, 6.07) is 16.8. The highest BCUT2D eigenvalue weighted by atomic mass is 32.2. The van der Waals surface area contributed by atoms with Gasteiger partial charge < -0.3 is 15.1 Å². The van der Waals surface area contributed by atoms with Crippen molar-refractivity contribution in [1.82, 2.24) is 24.9 Å². The topological polar surface area (TPSA) is 90.8 Å². The van der Waals surface area contributed by atoms with E-state index < -0.39 is 9.84 Å². The molecule has 3 fully saturated rings. The van der Waals surface area contributed by atoms with Gasteiger partial charge in [0.25, 0.3) is 0 Å². The lowest BCUT2D eigenvalue weighted by molar-refractivity contribution is -0.120. The molecule has 2 aromatic carbocycles. The number of aromatic nitrogens is 2. The summed E-state index contributed by atoms with van der Waals surface area (Å²) in [6.07, 6.45) is 8.78. The molecule has 47 heavy (non-hydrogen) atoms. The molecule has 252 valence electrons. The average Bonchev–Trinajstić information content (AvgIpc) is 3.71. The molecule has 1 N–H and O–H groups in total. The molecule has 10 heteroatoms. The van der Waals surface area contributed by atoms with Gasteiger partial charge in [0.2, 0.25) is 15.7 Å². The highest BCUT2D eigenvalue weighted by Crippen LogP contribution is 2.53. The van der Waals surface area contributed by atoms with Crippen LogP contribution in [0.15, 0.2) is 70.7 Å². The van der Waals surface area contributed by atoms with E-state index in [1.807, 2.05) is 12.1 Å². The number of hydrogen-bond acceptors (Lipinski definition) is 7. The number of sulfone groups is 1. The smallest absolute Gasteiger partial charge is 0.217 e. The maximum Gasteiger partial charge on any atom is 0.217 e. The predicted octanol–water partition coefficient (Wildman–Crippen LogP) is 4.48. The molecule has 4 heterocycles. The normalized spacial score (nSPS) is 26.2. The zero-order chi connectivity index (χ0) is 32.8. The number of benzene rings is 2. The zero-order valence-corrected chi connectivity index (χ0v) is 29.0. The molecule has 1 aromatic heterocycles. The Hall–Kier alpha value is -3.21. The van der Waals surface area contributed by atoms with E-state index in [0.717, 1.165) is 64.5 Å². The molecule has 1 unspecified atom stereocenters. The van der Waals surface area contributed by atoms with E-state index in [-0.39, 0.29) is 22.3 Å². The number of likely N-dealkylation sites (N-methyl/N-ethyl adjacent to an activating group) is 1. The third-order valence-electron chi connectivity index (χ3n) is 11.7. The van der Waals surface area contributed by atoms with E-state index >= 15 is 0 Å². The SMILES string of the molecule is CCN1Cc2ccccc2C(C2CCN(CC3CN(c4ccc(S(=O)(=O)c5cnn(C)c5)cc4)C3)CC2)([C@H]2CCC[C@@H]2NC(C)=O)C1. The highest BCUT2D eigenvalue weighted by Gasteiger charge is 2.54. The number of piperidine rings is 1. The minimum Gasteiger partial charge on any atom is -0.371 e. The first-order chi connectivity index (χ1) is 22.7. The number of anilines is 1. The second-order valence-corrected chi connectivity index (χ2v) is 16.5. The van der Waals surface area contributed by atoms with Crippen LogP contribution in [-0.4, -0.2) is 85.8 Å². The number of fused-ring (bicyclic) bond motifs is 1. The predicted molar refractivity (Wildman–Crippen MR) is 184 cm³/mol. The molecule has 9 nitrogen and oxygen atoms in total. The number of carbonyl (C=O) groups is 1. The number of likely N-dealkylation sites (tertiary alicyclic amines) is 1. The van der Waals surface area contributed by atoms with Crippen molar-refractivity contribution in [3.05, 3.63) is 72.1 Å². The van der Waals surface area contributed by atoms with Crippen LogP contribution in [0.5, 0.6) is 0 Å². The van der Waals surface area contributed by atoms with E-state index in [4.69, 9.17) is 0 Å². The van der Waals surface area contributed by atoms with Crippen molar-refractivity contribution in [2.24, 2.45) is 24.8 Å². The van der Waals surface area contributed by atoms with Gasteiger partial charge in [-0.1, -0.05) is 37.6 Å². The van der Waals surface area contributed by atoms with E-state index in [2.05, 4.69) is 56.3 Å². The molecule has 2 saturated heterocycles. The fourth-order valence-electron chi connectivity index (χ4n) is 9.47. The summed E-state index contributed by atoms with van der Waals surface area (Å²) in [7, 11) is -1.84. The quantitative estimate of drug-likeness (QED) is 0.363. The van der Waals surface area contributed by atoms with Crippen molar-refractivity contribution < 1.29 is 13.2 Å². The Morgan fingerprint density at radius 1 is 0.979 bits per heavy atom. The van der Waals surface area contributed by atoms with Crippen molar-refractivity contribution in [3.8, 4) is 0 Å². The first-order valence-electron chi connectivity index (χ1n) is 17.6. The highest BCUT2D eigenvalue weighted by molar-refractivity contribution is 7.91. The molecule has 0 spiro atoms. The standard InChI is InChI=1S/C37H50N6O3S/c1-4-41-24-29-8-5-6-9-34(29)37(26-41,35-10-7-11-36(35)39-27(2)44)30-16-18-42(19-17-30)21-28-22-43(23-28)31-12-14-32(15-13-31)47(45,46)33-20-38-40(3)25-33/h5-6,8-9,12-15,20,25,28,30,35-36H,4,7,10-11,16-19,21-24,26H2,1-3H3,(H,39,44)/t35-,36-,37?/m0/s1. The number of rotatable bonds is 9. The van der Waals surface area contributed by atoms with Crippen molar-refractivity contribution in [3.63, 3.8) is 0 Å². The van der Waals surface area contributed by atoms with Crippen LogP contribution in [0.2, 0.25) is 0 Å². The van der Waals surface area contributed by atoms with E-state index in [9.17, 15) is 13.2 Å². The van der Waals surface area contributed by atoms with Gasteiger partial charge in [0.05, 0.1) is 11.1 Å². The zero-order valence-electron chi connectivity index (χ0n) is 28.1. The molecule has 4 aliphatic rings. The number of amides is 1. The fraction of sp³-hybridized carbons (Fsp3) is 0.568. The number of nitrogens with zero attached hydrogens (tertiary/aromatic N) is 5. The third-order valence-corrected chi connectivity index (χ3v) is 13.4. The summed E-state index contributed by atoms with van der Waals surface area (Å²) in [5.41, 5.74) is 4.17. The summed E-state index contributed by atoms with van der Waals surface area (Å²) >= 11 is 0. The number of aryl methyl sites for hydroxylation is 1. The number of nitrogens with one attached hydrogen (secondary N) is 1. The van der Waals surface area contributed by atoms with Crippen molar-refractivity contribution in [2.45, 2.75) is 73.7 Å². The van der Waals surface area contributed by atoms with Crippen LogP contribution < -0.4 is 10.2 Å². The van der Waals surface area contributed by atoms with E-state index in [1.54, 1.807) is 31.7 Å². The molecule has 3 aliphatic heterocycles. The molecule has 1 amide bonds. The Morgan fingerprint density at radius 3 is 2.40 bits per heavy atom. The summed E-state index contributed by atoms with van der Waals surface area (Å²) in [5.74, 6) is 1.77. The largest absolute Gasteiger partial charge is 0.371 e. The molecule has 1 saturated carbocycles. The van der Waals surface area contributed by atoms with E-state index in [1.165, 1.54) is 48.3 Å². The van der Waals surface area contributed by atoms with Crippen LogP contribution in [-0.2, 0) is 33.6 Å². The Bertz CT molecular complexity index is 1680. The van der Waals surface area contributed by atoms with Crippen molar-refractivity contribution in [1.29, 1.82) is 0 Å². The van der Waals surface area contributed by atoms with Gasteiger partial charge in [0, 0.05) is 76.0 Å². The summed E-state index contributed by atoms with van der Waals surface area (Å²) in [6.45, 7) is 12.5. The lowest BCUT2D eigenvalue weighted by atomic mass is 9.56. The maximum atomic E-state index is 13.0. The molecule has 3 aromatic rings. The average molecular weight is 659 g/mol. The van der Waals surface area contributed by atoms with Gasteiger partial charge in [-0.3, -0.25) is 14.4 Å². The molecule has 0 radical (unpaired) electrons. The summed E-state index contributed by atoms with van der Waals surface area (Å²) in [5, 5.41) is 7.42. The monoisotopic (exact) mass is 658 g/mol. The molecule has 1 aliphatic carbocycles. The third kappa shape index (κ3) is 6.13. The first-order valence-corrected chi connectivity index (χ1v) is 19.0. The van der Waals surface area contributed by atoms with E-state index in [0.29, 0.717) is 22.6 Å². The Kier molecular flexibility index (Phi) is 8.95. The Balaban J connectivity index is 1.00. The van der Waals surface area contributed by atoms with Crippen molar-refractivity contribution >= 4 is 21.4 Å². The van der Waals surface area contributed by atoms with Gasteiger partial charge in [0.15, 0.2) is 0 Å². The Labute approximate surface area is 280 Å². The molecule has 7 rings (SSSR count). The maximum absolute atomic E-state index is 13.0. The van der Waals surface area contributed by atoms with Crippen molar-refractivity contribution in [2.75, 3.05) is 50.7 Å². The van der Waals surface area contributed by atoms with Crippen LogP contribution in [0.1, 0.15) is 57.1 Å². The lowest BCUT2D eigenvalue weighted by Crippen LogP contribution is -2.60. The van der Waals surface area contributed by atoms with Gasteiger partial charge >= 0.3 is 0 Å².